The lowest BCUT2D eigenvalue weighted by Crippen LogP contribution is -2.15. The lowest BCUT2D eigenvalue weighted by molar-refractivity contribution is 0.0529. The molecule has 0 spiro atoms. The van der Waals surface area contributed by atoms with Crippen molar-refractivity contribution in [2.75, 3.05) is 11.9 Å². The van der Waals surface area contributed by atoms with Gasteiger partial charge in [0.15, 0.2) is 0 Å². The number of ether oxygens (including phenoxy) is 1. The molecule has 1 amide bonds. The molecule has 1 heterocycles. The van der Waals surface area contributed by atoms with Crippen molar-refractivity contribution >= 4 is 34.5 Å². The fraction of sp³-hybridized carbons (Fsp3) is 0.0952. The van der Waals surface area contributed by atoms with Crippen LogP contribution in [0.15, 0.2) is 60.0 Å². The Morgan fingerprint density at radius 2 is 1.89 bits per heavy atom. The van der Waals surface area contributed by atoms with E-state index in [2.05, 4.69) is 5.32 Å². The van der Waals surface area contributed by atoms with Crippen LogP contribution in [0, 0.1) is 0 Å². The zero-order valence-electron chi connectivity index (χ0n) is 14.6. The number of nitrogens with one attached hydrogen (secondary N) is 1. The summed E-state index contributed by atoms with van der Waals surface area (Å²) in [5, 5.41) is 5.00. The summed E-state index contributed by atoms with van der Waals surface area (Å²) >= 11 is 1.26. The van der Waals surface area contributed by atoms with Crippen molar-refractivity contribution in [3.63, 3.8) is 0 Å². The first-order valence-corrected chi connectivity index (χ1v) is 9.22. The van der Waals surface area contributed by atoms with E-state index in [1.54, 1.807) is 25.1 Å². The third kappa shape index (κ3) is 4.12. The number of aldehydes is 1. The van der Waals surface area contributed by atoms with Crippen LogP contribution in [0.25, 0.3) is 11.1 Å². The molecule has 27 heavy (non-hydrogen) atoms. The first kappa shape index (κ1) is 18.5. The Morgan fingerprint density at radius 1 is 1.11 bits per heavy atom. The number of anilines is 1. The monoisotopic (exact) mass is 379 g/mol. The van der Waals surface area contributed by atoms with E-state index in [-0.39, 0.29) is 6.61 Å². The van der Waals surface area contributed by atoms with Crippen LogP contribution in [0.3, 0.4) is 0 Å². The molecular formula is C21H17NO4S. The average Bonchev–Trinajstić information content (AvgIpc) is 3.12. The predicted octanol–water partition coefficient (Wildman–Crippen LogP) is 4.66. The molecule has 0 aliphatic carbocycles. The number of amides is 1. The average molecular weight is 379 g/mol. The van der Waals surface area contributed by atoms with Crippen LogP contribution in [0.2, 0.25) is 0 Å². The first-order chi connectivity index (χ1) is 13.1. The Bertz CT molecular complexity index is 979. The normalized spacial score (nSPS) is 10.3. The second-order valence-corrected chi connectivity index (χ2v) is 6.52. The molecule has 0 radical (unpaired) electrons. The van der Waals surface area contributed by atoms with E-state index < -0.39 is 11.9 Å². The van der Waals surface area contributed by atoms with Crippen LogP contribution < -0.4 is 5.32 Å². The summed E-state index contributed by atoms with van der Waals surface area (Å²) < 4.78 is 5.18. The molecule has 5 nitrogen and oxygen atoms in total. The third-order valence-corrected chi connectivity index (χ3v) is 4.76. The molecule has 0 fully saturated rings. The minimum Gasteiger partial charge on any atom is -0.462 e. The van der Waals surface area contributed by atoms with Crippen molar-refractivity contribution in [2.24, 2.45) is 0 Å². The number of thiophene rings is 1. The minimum atomic E-state index is -0.491. The quantitative estimate of drug-likeness (QED) is 0.499. The van der Waals surface area contributed by atoms with Crippen molar-refractivity contribution in [1.82, 2.24) is 0 Å². The summed E-state index contributed by atoms with van der Waals surface area (Å²) in [7, 11) is 0. The van der Waals surface area contributed by atoms with Gasteiger partial charge in [-0.05, 0) is 24.6 Å². The highest BCUT2D eigenvalue weighted by molar-refractivity contribution is 7.15. The van der Waals surface area contributed by atoms with Gasteiger partial charge >= 0.3 is 5.97 Å². The summed E-state index contributed by atoms with van der Waals surface area (Å²) in [5.74, 6) is -0.889. The Morgan fingerprint density at radius 3 is 2.59 bits per heavy atom. The maximum atomic E-state index is 12.6. The van der Waals surface area contributed by atoms with Gasteiger partial charge < -0.3 is 10.1 Å². The molecule has 0 bridgehead atoms. The van der Waals surface area contributed by atoms with Gasteiger partial charge in [-0.1, -0.05) is 42.5 Å². The predicted molar refractivity (Wildman–Crippen MR) is 105 cm³/mol. The number of benzene rings is 2. The summed E-state index contributed by atoms with van der Waals surface area (Å²) in [5.41, 5.74) is 2.64. The lowest BCUT2D eigenvalue weighted by Gasteiger charge is -2.09. The zero-order chi connectivity index (χ0) is 19.2. The fourth-order valence-electron chi connectivity index (χ4n) is 2.61. The Labute approximate surface area is 160 Å². The molecule has 136 valence electrons. The van der Waals surface area contributed by atoms with E-state index in [9.17, 15) is 14.4 Å². The number of rotatable bonds is 6. The molecule has 0 saturated carbocycles. The highest BCUT2D eigenvalue weighted by Crippen LogP contribution is 2.36. The van der Waals surface area contributed by atoms with Gasteiger partial charge in [-0.3, -0.25) is 9.59 Å². The smallest absolute Gasteiger partial charge is 0.341 e. The zero-order valence-corrected chi connectivity index (χ0v) is 15.4. The van der Waals surface area contributed by atoms with E-state index in [4.69, 9.17) is 4.74 Å². The van der Waals surface area contributed by atoms with E-state index in [0.29, 0.717) is 33.5 Å². The fourth-order valence-corrected chi connectivity index (χ4v) is 3.57. The summed E-state index contributed by atoms with van der Waals surface area (Å²) in [6, 6.07) is 15.8. The molecule has 2 aromatic carbocycles. The highest BCUT2D eigenvalue weighted by Gasteiger charge is 2.23. The van der Waals surface area contributed by atoms with Crippen LogP contribution >= 0.6 is 11.3 Å². The van der Waals surface area contributed by atoms with E-state index in [1.165, 1.54) is 17.4 Å². The van der Waals surface area contributed by atoms with Gasteiger partial charge in [0, 0.05) is 22.1 Å². The second kappa shape index (κ2) is 8.42. The molecule has 1 N–H and O–H groups in total. The Balaban J connectivity index is 1.97. The molecule has 3 rings (SSSR count). The van der Waals surface area contributed by atoms with Gasteiger partial charge in [0.1, 0.15) is 16.9 Å². The van der Waals surface area contributed by atoms with Crippen LogP contribution in [0.1, 0.15) is 38.0 Å². The van der Waals surface area contributed by atoms with Crippen molar-refractivity contribution in [1.29, 1.82) is 0 Å². The molecule has 0 aliphatic heterocycles. The number of hydrogen-bond donors (Lipinski definition) is 1. The van der Waals surface area contributed by atoms with Crippen molar-refractivity contribution in [3.05, 3.63) is 76.7 Å². The number of hydrogen-bond acceptors (Lipinski definition) is 5. The Hall–Kier alpha value is -3.25. The maximum Gasteiger partial charge on any atom is 0.341 e. The standard InChI is InChI=1S/C21H17NO4S/c1-2-26-21(25)18-17(15-8-4-3-5-9-15)13-27-20(18)22-19(24)16-10-6-7-14(11-16)12-23/h3-13H,2H2,1H3,(H,22,24). The SMILES string of the molecule is CCOC(=O)c1c(-c2ccccc2)csc1NC(=O)c1cccc(C=O)c1. The van der Waals surface area contributed by atoms with Gasteiger partial charge in [-0.15, -0.1) is 11.3 Å². The first-order valence-electron chi connectivity index (χ1n) is 8.34. The van der Waals surface area contributed by atoms with Crippen LogP contribution in [-0.4, -0.2) is 24.8 Å². The number of carbonyl (C=O) groups is 3. The van der Waals surface area contributed by atoms with E-state index in [1.807, 2.05) is 35.7 Å². The van der Waals surface area contributed by atoms with E-state index in [0.717, 1.165) is 5.56 Å². The largest absolute Gasteiger partial charge is 0.462 e. The molecule has 0 aliphatic rings. The topological polar surface area (TPSA) is 72.5 Å². The van der Waals surface area contributed by atoms with E-state index >= 15 is 0 Å². The summed E-state index contributed by atoms with van der Waals surface area (Å²) in [6.07, 6.45) is 0.680. The molecule has 0 atom stereocenters. The number of esters is 1. The summed E-state index contributed by atoms with van der Waals surface area (Å²) in [6.45, 7) is 1.97. The molecule has 1 aromatic heterocycles. The van der Waals surface area contributed by atoms with Crippen molar-refractivity contribution in [3.8, 4) is 11.1 Å². The molecule has 0 saturated heterocycles. The van der Waals surface area contributed by atoms with Gasteiger partial charge in [0.25, 0.3) is 5.91 Å². The van der Waals surface area contributed by atoms with Gasteiger partial charge in [-0.2, -0.15) is 0 Å². The molecular weight excluding hydrogens is 362 g/mol. The number of carbonyl (C=O) groups excluding carboxylic acids is 3. The second-order valence-electron chi connectivity index (χ2n) is 5.64. The van der Waals surface area contributed by atoms with Crippen molar-refractivity contribution in [2.45, 2.75) is 6.92 Å². The van der Waals surface area contributed by atoms with Crippen LogP contribution in [-0.2, 0) is 4.74 Å². The van der Waals surface area contributed by atoms with Crippen molar-refractivity contribution < 1.29 is 19.1 Å². The minimum absolute atomic E-state index is 0.234. The van der Waals surface area contributed by atoms with Gasteiger partial charge in [0.05, 0.1) is 6.61 Å². The Kier molecular flexibility index (Phi) is 5.78. The molecule has 6 heteroatoms. The van der Waals surface area contributed by atoms with Gasteiger partial charge in [0.2, 0.25) is 0 Å². The molecule has 0 unspecified atom stereocenters. The lowest BCUT2D eigenvalue weighted by atomic mass is 10.0. The highest BCUT2D eigenvalue weighted by atomic mass is 32.1. The summed E-state index contributed by atoms with van der Waals surface area (Å²) in [4.78, 5) is 36.0. The van der Waals surface area contributed by atoms with Crippen LogP contribution in [0.4, 0.5) is 5.00 Å². The van der Waals surface area contributed by atoms with Gasteiger partial charge in [-0.25, -0.2) is 4.79 Å². The van der Waals surface area contributed by atoms with Crippen LogP contribution in [0.5, 0.6) is 0 Å². The third-order valence-electron chi connectivity index (χ3n) is 3.87. The molecule has 3 aromatic rings. The maximum absolute atomic E-state index is 12.6.